The SMILES string of the molecule is CC(C(=O)N1CCCC1)N1C[C@@H](C)[C@H](C(=O)O)C1. The van der Waals surface area contributed by atoms with Gasteiger partial charge in [-0.15, -0.1) is 0 Å². The molecular formula is C13H22N2O3. The standard InChI is InChI=1S/C13H22N2O3/c1-9-7-15(8-11(9)13(17)18)10(2)12(16)14-5-3-4-6-14/h9-11H,3-8H2,1-2H3,(H,17,18)/t9-,10?,11-/m1/s1. The fourth-order valence-corrected chi connectivity index (χ4v) is 3.00. The van der Waals surface area contributed by atoms with Crippen molar-refractivity contribution in [1.29, 1.82) is 0 Å². The number of carboxylic acid groups (broad SMARTS) is 1. The molecule has 0 aromatic carbocycles. The lowest BCUT2D eigenvalue weighted by Gasteiger charge is -2.27. The number of hydrogen-bond acceptors (Lipinski definition) is 3. The Morgan fingerprint density at radius 1 is 1.22 bits per heavy atom. The van der Waals surface area contributed by atoms with Gasteiger partial charge in [-0.3, -0.25) is 14.5 Å². The van der Waals surface area contributed by atoms with Crippen LogP contribution in [0.25, 0.3) is 0 Å². The van der Waals surface area contributed by atoms with Crippen molar-refractivity contribution in [2.24, 2.45) is 11.8 Å². The summed E-state index contributed by atoms with van der Waals surface area (Å²) >= 11 is 0. The number of likely N-dealkylation sites (tertiary alicyclic amines) is 2. The molecule has 0 bridgehead atoms. The number of amides is 1. The van der Waals surface area contributed by atoms with Gasteiger partial charge < -0.3 is 10.0 Å². The second-order valence-corrected chi connectivity index (χ2v) is 5.58. The van der Waals surface area contributed by atoms with Crippen molar-refractivity contribution in [3.05, 3.63) is 0 Å². The van der Waals surface area contributed by atoms with Crippen molar-refractivity contribution >= 4 is 11.9 Å². The molecule has 2 saturated heterocycles. The van der Waals surface area contributed by atoms with E-state index >= 15 is 0 Å². The van der Waals surface area contributed by atoms with Gasteiger partial charge in [-0.25, -0.2) is 0 Å². The van der Waals surface area contributed by atoms with Gasteiger partial charge in [0, 0.05) is 26.2 Å². The van der Waals surface area contributed by atoms with Crippen LogP contribution in [0.15, 0.2) is 0 Å². The summed E-state index contributed by atoms with van der Waals surface area (Å²) < 4.78 is 0. The van der Waals surface area contributed by atoms with Crippen LogP contribution in [0.2, 0.25) is 0 Å². The Morgan fingerprint density at radius 2 is 1.83 bits per heavy atom. The fourth-order valence-electron chi connectivity index (χ4n) is 3.00. The third kappa shape index (κ3) is 2.51. The largest absolute Gasteiger partial charge is 0.481 e. The first-order valence-electron chi connectivity index (χ1n) is 6.76. The zero-order chi connectivity index (χ0) is 13.3. The molecule has 2 heterocycles. The van der Waals surface area contributed by atoms with Gasteiger partial charge in [0.15, 0.2) is 0 Å². The highest BCUT2D eigenvalue weighted by Gasteiger charge is 2.39. The van der Waals surface area contributed by atoms with E-state index in [0.29, 0.717) is 13.1 Å². The summed E-state index contributed by atoms with van der Waals surface area (Å²) in [7, 11) is 0. The van der Waals surface area contributed by atoms with Gasteiger partial charge in [0.05, 0.1) is 12.0 Å². The molecule has 0 aliphatic carbocycles. The second-order valence-electron chi connectivity index (χ2n) is 5.58. The average Bonchev–Trinajstić information content (AvgIpc) is 2.95. The molecule has 0 radical (unpaired) electrons. The first kappa shape index (κ1) is 13.3. The van der Waals surface area contributed by atoms with Crippen molar-refractivity contribution in [3.8, 4) is 0 Å². The Bertz CT molecular complexity index is 339. The van der Waals surface area contributed by atoms with Gasteiger partial charge in [0.25, 0.3) is 0 Å². The first-order chi connectivity index (χ1) is 8.50. The maximum absolute atomic E-state index is 12.3. The van der Waals surface area contributed by atoms with Crippen molar-refractivity contribution in [2.75, 3.05) is 26.2 Å². The molecule has 2 fully saturated rings. The topological polar surface area (TPSA) is 60.9 Å². The molecule has 18 heavy (non-hydrogen) atoms. The van der Waals surface area contributed by atoms with E-state index in [0.717, 1.165) is 25.9 Å². The van der Waals surface area contributed by atoms with Crippen molar-refractivity contribution in [3.63, 3.8) is 0 Å². The molecule has 1 unspecified atom stereocenters. The monoisotopic (exact) mass is 254 g/mol. The molecule has 1 N–H and O–H groups in total. The van der Waals surface area contributed by atoms with Crippen LogP contribution in [0, 0.1) is 11.8 Å². The molecule has 5 nitrogen and oxygen atoms in total. The van der Waals surface area contributed by atoms with E-state index in [1.807, 2.05) is 23.6 Å². The minimum Gasteiger partial charge on any atom is -0.481 e. The molecule has 2 aliphatic heterocycles. The third-order valence-corrected chi connectivity index (χ3v) is 4.28. The molecular weight excluding hydrogens is 232 g/mol. The van der Waals surface area contributed by atoms with Crippen LogP contribution in [0.4, 0.5) is 0 Å². The van der Waals surface area contributed by atoms with Crippen LogP contribution >= 0.6 is 0 Å². The Balaban J connectivity index is 1.95. The highest BCUT2D eigenvalue weighted by atomic mass is 16.4. The molecule has 3 atom stereocenters. The predicted molar refractivity (Wildman–Crippen MR) is 67.1 cm³/mol. The lowest BCUT2D eigenvalue weighted by atomic mass is 9.99. The van der Waals surface area contributed by atoms with Gasteiger partial charge >= 0.3 is 5.97 Å². The fraction of sp³-hybridized carbons (Fsp3) is 0.846. The van der Waals surface area contributed by atoms with E-state index < -0.39 is 5.97 Å². The number of aliphatic carboxylic acids is 1. The molecule has 102 valence electrons. The van der Waals surface area contributed by atoms with Gasteiger partial charge in [-0.1, -0.05) is 6.92 Å². The lowest BCUT2D eigenvalue weighted by molar-refractivity contribution is -0.143. The van der Waals surface area contributed by atoms with Crippen LogP contribution in [-0.2, 0) is 9.59 Å². The van der Waals surface area contributed by atoms with E-state index in [1.165, 1.54) is 0 Å². The summed E-state index contributed by atoms with van der Waals surface area (Å²) in [5.74, 6) is -0.799. The zero-order valence-corrected chi connectivity index (χ0v) is 11.1. The second kappa shape index (κ2) is 5.26. The summed E-state index contributed by atoms with van der Waals surface area (Å²) in [5, 5.41) is 9.11. The molecule has 0 aromatic rings. The minimum absolute atomic E-state index is 0.122. The normalized spacial score (nSPS) is 30.7. The summed E-state index contributed by atoms with van der Waals surface area (Å²) in [5.41, 5.74) is 0. The summed E-state index contributed by atoms with van der Waals surface area (Å²) in [6.45, 7) is 6.77. The van der Waals surface area contributed by atoms with Crippen molar-refractivity contribution in [1.82, 2.24) is 9.80 Å². The van der Waals surface area contributed by atoms with Crippen molar-refractivity contribution in [2.45, 2.75) is 32.7 Å². The minimum atomic E-state index is -0.745. The maximum Gasteiger partial charge on any atom is 0.308 e. The van der Waals surface area contributed by atoms with E-state index in [1.54, 1.807) is 0 Å². The van der Waals surface area contributed by atoms with Crippen LogP contribution < -0.4 is 0 Å². The van der Waals surface area contributed by atoms with E-state index in [9.17, 15) is 9.59 Å². The number of rotatable bonds is 3. The molecule has 5 heteroatoms. The Labute approximate surface area is 108 Å². The summed E-state index contributed by atoms with van der Waals surface area (Å²) in [4.78, 5) is 27.3. The molecule has 2 aliphatic rings. The van der Waals surface area contributed by atoms with Gasteiger partial charge in [0.1, 0.15) is 0 Å². The molecule has 0 spiro atoms. The van der Waals surface area contributed by atoms with Gasteiger partial charge in [0.2, 0.25) is 5.91 Å². The quantitative estimate of drug-likeness (QED) is 0.803. The van der Waals surface area contributed by atoms with Crippen molar-refractivity contribution < 1.29 is 14.7 Å². The van der Waals surface area contributed by atoms with Crippen LogP contribution in [0.1, 0.15) is 26.7 Å². The lowest BCUT2D eigenvalue weighted by Crippen LogP contribution is -2.45. The smallest absolute Gasteiger partial charge is 0.308 e. The molecule has 0 saturated carbocycles. The molecule has 1 amide bonds. The highest BCUT2D eigenvalue weighted by molar-refractivity contribution is 5.82. The number of carboxylic acids is 1. The Hall–Kier alpha value is -1.10. The predicted octanol–water partition coefficient (Wildman–Crippen LogP) is 0.650. The average molecular weight is 254 g/mol. The summed E-state index contributed by atoms with van der Waals surface area (Å²) in [6.07, 6.45) is 2.18. The van der Waals surface area contributed by atoms with Gasteiger partial charge in [-0.05, 0) is 25.7 Å². The van der Waals surface area contributed by atoms with E-state index in [2.05, 4.69) is 0 Å². The number of nitrogens with zero attached hydrogens (tertiary/aromatic N) is 2. The Kier molecular flexibility index (Phi) is 3.90. The highest BCUT2D eigenvalue weighted by Crippen LogP contribution is 2.25. The van der Waals surface area contributed by atoms with E-state index in [-0.39, 0.29) is 23.8 Å². The first-order valence-corrected chi connectivity index (χ1v) is 6.76. The van der Waals surface area contributed by atoms with Crippen LogP contribution in [-0.4, -0.2) is 59.0 Å². The molecule has 0 aromatic heterocycles. The number of hydrogen-bond donors (Lipinski definition) is 1. The number of carbonyl (C=O) groups is 2. The van der Waals surface area contributed by atoms with Crippen LogP contribution in [0.3, 0.4) is 0 Å². The summed E-state index contributed by atoms with van der Waals surface area (Å²) in [6, 6.07) is -0.185. The zero-order valence-electron chi connectivity index (χ0n) is 11.1. The third-order valence-electron chi connectivity index (χ3n) is 4.28. The Morgan fingerprint density at radius 3 is 2.33 bits per heavy atom. The van der Waals surface area contributed by atoms with E-state index in [4.69, 9.17) is 5.11 Å². The van der Waals surface area contributed by atoms with Gasteiger partial charge in [-0.2, -0.15) is 0 Å². The molecule has 2 rings (SSSR count). The number of carbonyl (C=O) groups excluding carboxylic acids is 1. The van der Waals surface area contributed by atoms with Crippen LogP contribution in [0.5, 0.6) is 0 Å². The maximum atomic E-state index is 12.3.